The highest BCUT2D eigenvalue weighted by molar-refractivity contribution is 5.57. The Labute approximate surface area is 88.7 Å². The van der Waals surface area contributed by atoms with E-state index < -0.39 is 24.4 Å². The van der Waals surface area contributed by atoms with E-state index in [1.54, 1.807) is 0 Å². The van der Waals surface area contributed by atoms with Gasteiger partial charge in [-0.15, -0.1) is 0 Å². The van der Waals surface area contributed by atoms with Crippen LogP contribution in [-0.4, -0.2) is 68.9 Å². The molecule has 0 rings (SSSR count). The maximum Gasteiger partial charge on any atom is 0.151 e. The van der Waals surface area contributed by atoms with Crippen molar-refractivity contribution in [2.45, 2.75) is 24.4 Å². The molecule has 6 nitrogen and oxygen atoms in total. The third-order valence-corrected chi connectivity index (χ3v) is 2.07. The van der Waals surface area contributed by atoms with E-state index in [9.17, 15) is 15.0 Å². The molecule has 0 bridgehead atoms. The van der Waals surface area contributed by atoms with Crippen molar-refractivity contribution < 1.29 is 29.2 Å². The summed E-state index contributed by atoms with van der Waals surface area (Å²) in [5.41, 5.74) is 0. The molecule has 0 aromatic heterocycles. The van der Waals surface area contributed by atoms with Gasteiger partial charge >= 0.3 is 0 Å². The predicted molar refractivity (Wildman–Crippen MR) is 51.5 cm³/mol. The van der Waals surface area contributed by atoms with Gasteiger partial charge in [0.1, 0.15) is 24.4 Å². The average Bonchev–Trinajstić information content (AvgIpc) is 2.25. The largest absolute Gasteiger partial charge is 0.388 e. The first-order valence-corrected chi connectivity index (χ1v) is 4.48. The normalized spacial score (nSPS) is 19.3. The maximum atomic E-state index is 10.6. The number of hydrogen-bond donors (Lipinski definition) is 2. The highest BCUT2D eigenvalue weighted by Gasteiger charge is 2.33. The lowest BCUT2D eigenvalue weighted by molar-refractivity contribution is -0.149. The van der Waals surface area contributed by atoms with Crippen LogP contribution in [0.3, 0.4) is 0 Å². The molecule has 4 atom stereocenters. The van der Waals surface area contributed by atoms with Gasteiger partial charge in [0.15, 0.2) is 6.29 Å². The first-order chi connectivity index (χ1) is 7.12. The highest BCUT2D eigenvalue weighted by atomic mass is 16.5. The van der Waals surface area contributed by atoms with Crippen LogP contribution in [0.15, 0.2) is 0 Å². The average molecular weight is 222 g/mol. The Morgan fingerprint density at radius 1 is 1.20 bits per heavy atom. The molecule has 15 heavy (non-hydrogen) atoms. The molecule has 0 aliphatic carbocycles. The van der Waals surface area contributed by atoms with Gasteiger partial charge in [-0.05, 0) is 0 Å². The Morgan fingerprint density at radius 2 is 1.80 bits per heavy atom. The fraction of sp³-hybridized carbons (Fsp3) is 0.889. The molecule has 0 heterocycles. The van der Waals surface area contributed by atoms with Crippen molar-refractivity contribution in [3.05, 3.63) is 0 Å². The molecule has 0 saturated heterocycles. The van der Waals surface area contributed by atoms with Crippen LogP contribution in [-0.2, 0) is 19.0 Å². The van der Waals surface area contributed by atoms with Gasteiger partial charge in [0.2, 0.25) is 0 Å². The summed E-state index contributed by atoms with van der Waals surface area (Å²) < 4.78 is 14.4. The molecule has 0 amide bonds. The van der Waals surface area contributed by atoms with Crippen LogP contribution in [0, 0.1) is 0 Å². The minimum atomic E-state index is -1.25. The Morgan fingerprint density at radius 3 is 2.13 bits per heavy atom. The molecule has 2 N–H and O–H groups in total. The lowest BCUT2D eigenvalue weighted by atomic mass is 10.0. The highest BCUT2D eigenvalue weighted by Crippen LogP contribution is 2.10. The fourth-order valence-electron chi connectivity index (χ4n) is 1.22. The molecule has 0 spiro atoms. The van der Waals surface area contributed by atoms with Crippen LogP contribution < -0.4 is 0 Å². The van der Waals surface area contributed by atoms with E-state index in [0.717, 1.165) is 0 Å². The van der Waals surface area contributed by atoms with Gasteiger partial charge in [0.05, 0.1) is 6.61 Å². The minimum absolute atomic E-state index is 0.0453. The number of rotatable bonds is 8. The number of hydrogen-bond acceptors (Lipinski definition) is 6. The van der Waals surface area contributed by atoms with Gasteiger partial charge < -0.3 is 29.2 Å². The Bertz CT molecular complexity index is 174. The standard InChI is InChI=1S/C9H18O6/c1-13-5-6(11)8(12)9(15-3)7(4-10)14-2/h4,6-9,11-12H,5H2,1-3H3/t6-,7+,8+,9-/m1/s1. The summed E-state index contributed by atoms with van der Waals surface area (Å²) in [4.78, 5) is 10.6. The van der Waals surface area contributed by atoms with Crippen LogP contribution in [0.2, 0.25) is 0 Å². The summed E-state index contributed by atoms with van der Waals surface area (Å²) >= 11 is 0. The zero-order valence-electron chi connectivity index (χ0n) is 9.12. The number of aliphatic hydroxyl groups excluding tert-OH is 2. The topological polar surface area (TPSA) is 85.2 Å². The van der Waals surface area contributed by atoms with Gasteiger partial charge in [0, 0.05) is 21.3 Å². The van der Waals surface area contributed by atoms with Crippen LogP contribution in [0.5, 0.6) is 0 Å². The van der Waals surface area contributed by atoms with Crippen molar-refractivity contribution >= 4 is 6.29 Å². The van der Waals surface area contributed by atoms with Gasteiger partial charge in [-0.2, -0.15) is 0 Å². The van der Waals surface area contributed by atoms with Crippen molar-refractivity contribution in [1.29, 1.82) is 0 Å². The second kappa shape index (κ2) is 7.72. The van der Waals surface area contributed by atoms with E-state index in [2.05, 4.69) is 4.74 Å². The molecule has 0 saturated carbocycles. The van der Waals surface area contributed by atoms with Crippen molar-refractivity contribution in [3.8, 4) is 0 Å². The lowest BCUT2D eigenvalue weighted by Gasteiger charge is -2.28. The molecule has 0 aromatic rings. The summed E-state index contributed by atoms with van der Waals surface area (Å²) in [5.74, 6) is 0. The molecule has 90 valence electrons. The smallest absolute Gasteiger partial charge is 0.151 e. The molecule has 0 aliphatic heterocycles. The van der Waals surface area contributed by atoms with Crippen molar-refractivity contribution in [3.63, 3.8) is 0 Å². The zero-order chi connectivity index (χ0) is 11.8. The molecule has 0 fully saturated rings. The number of aliphatic hydroxyl groups is 2. The minimum Gasteiger partial charge on any atom is -0.388 e. The number of ether oxygens (including phenoxy) is 3. The number of carbonyl (C=O) groups excluding carboxylic acids is 1. The Kier molecular flexibility index (Phi) is 7.45. The fourth-order valence-corrected chi connectivity index (χ4v) is 1.22. The van der Waals surface area contributed by atoms with E-state index in [1.807, 2.05) is 0 Å². The van der Waals surface area contributed by atoms with Crippen LogP contribution in [0.25, 0.3) is 0 Å². The van der Waals surface area contributed by atoms with Crippen LogP contribution >= 0.6 is 0 Å². The quantitative estimate of drug-likeness (QED) is 0.490. The first-order valence-electron chi connectivity index (χ1n) is 4.48. The number of methoxy groups -OCH3 is 3. The van der Waals surface area contributed by atoms with Crippen molar-refractivity contribution in [2.75, 3.05) is 27.9 Å². The Balaban J connectivity index is 4.43. The van der Waals surface area contributed by atoms with E-state index >= 15 is 0 Å². The van der Waals surface area contributed by atoms with Gasteiger partial charge in [0.25, 0.3) is 0 Å². The molecule has 0 radical (unpaired) electrons. The third-order valence-electron chi connectivity index (χ3n) is 2.07. The molecule has 0 aromatic carbocycles. The van der Waals surface area contributed by atoms with E-state index in [1.165, 1.54) is 21.3 Å². The molecular weight excluding hydrogens is 204 g/mol. The van der Waals surface area contributed by atoms with E-state index in [-0.39, 0.29) is 6.61 Å². The van der Waals surface area contributed by atoms with Crippen molar-refractivity contribution in [2.24, 2.45) is 0 Å². The summed E-state index contributed by atoms with van der Waals surface area (Å²) in [6, 6.07) is 0. The predicted octanol–water partition coefficient (Wildman–Crippen LogP) is -1.42. The molecule has 0 unspecified atom stereocenters. The summed E-state index contributed by atoms with van der Waals surface area (Å²) in [5, 5.41) is 19.1. The number of aldehydes is 1. The van der Waals surface area contributed by atoms with Gasteiger partial charge in [-0.25, -0.2) is 0 Å². The molecular formula is C9H18O6. The number of carbonyl (C=O) groups is 1. The van der Waals surface area contributed by atoms with Gasteiger partial charge in [-0.3, -0.25) is 0 Å². The van der Waals surface area contributed by atoms with Crippen molar-refractivity contribution in [1.82, 2.24) is 0 Å². The van der Waals surface area contributed by atoms with Crippen LogP contribution in [0.1, 0.15) is 0 Å². The maximum absolute atomic E-state index is 10.6. The molecule has 6 heteroatoms. The third kappa shape index (κ3) is 4.23. The Hall–Kier alpha value is -0.530. The zero-order valence-corrected chi connectivity index (χ0v) is 9.12. The van der Waals surface area contributed by atoms with E-state index in [0.29, 0.717) is 6.29 Å². The van der Waals surface area contributed by atoms with Gasteiger partial charge in [-0.1, -0.05) is 0 Å². The monoisotopic (exact) mass is 222 g/mol. The van der Waals surface area contributed by atoms with E-state index in [4.69, 9.17) is 9.47 Å². The summed E-state index contributed by atoms with van der Waals surface area (Å²) in [7, 11) is 4.04. The van der Waals surface area contributed by atoms with Crippen LogP contribution in [0.4, 0.5) is 0 Å². The summed E-state index contributed by atoms with van der Waals surface area (Å²) in [6.07, 6.45) is -3.70. The first kappa shape index (κ1) is 14.5. The second-order valence-electron chi connectivity index (χ2n) is 3.05. The SMILES string of the molecule is COC[C@@H](O)[C@H](O)[C@H](OC)[C@H](C=O)OC. The molecule has 0 aliphatic rings. The lowest BCUT2D eigenvalue weighted by Crippen LogP contribution is -2.48. The summed E-state index contributed by atoms with van der Waals surface area (Å²) in [6.45, 7) is -0.0453. The second-order valence-corrected chi connectivity index (χ2v) is 3.05.